The van der Waals surface area contributed by atoms with Crippen molar-refractivity contribution in [3.8, 4) is 5.75 Å². The van der Waals surface area contributed by atoms with E-state index in [2.05, 4.69) is 18.2 Å². The fraction of sp³-hybridized carbons (Fsp3) is 0.727. The van der Waals surface area contributed by atoms with Crippen molar-refractivity contribution in [1.82, 2.24) is 0 Å². The molecule has 0 saturated heterocycles. The Morgan fingerprint density at radius 3 is 1.89 bits per heavy atom. The van der Waals surface area contributed by atoms with Gasteiger partial charge in [-0.05, 0) is 79.9 Å². The van der Waals surface area contributed by atoms with Crippen molar-refractivity contribution < 1.29 is 17.9 Å². The van der Waals surface area contributed by atoms with Crippen molar-refractivity contribution in [3.05, 3.63) is 29.8 Å². The first-order valence-corrected chi connectivity index (χ1v) is 12.9. The smallest absolute Gasteiger partial charge is 0.406 e. The molecule has 0 aromatic heterocycles. The molecule has 2 fully saturated rings. The number of hydrogen-bond donors (Lipinski definition) is 0. The Balaban J connectivity index is 1.46. The summed E-state index contributed by atoms with van der Waals surface area (Å²) >= 11 is 0. The highest BCUT2D eigenvalue weighted by Gasteiger charge is 2.33. The lowest BCUT2D eigenvalue weighted by atomic mass is 9.68. The SMILES string of the molecule is C[SiH2]C(C)[C@H]1CC[C@H](C2CCC(c3ccc(OC(F)(F)F)cc3)CC2)CC1. The van der Waals surface area contributed by atoms with Gasteiger partial charge in [-0.2, -0.15) is 0 Å². The molecule has 3 rings (SSSR count). The maximum atomic E-state index is 12.3. The standard InChI is InChI=1S/C22H33F3OSi/c1-15(27-2)16-3-5-17(6-4-16)18-7-9-19(10-8-18)20-11-13-21(14-12-20)26-22(23,24)25/h11-19H,3-10,27H2,1-2H3/t15?,16-,17-,18?,19?. The van der Waals surface area contributed by atoms with Crippen molar-refractivity contribution in [2.45, 2.75) is 82.7 Å². The lowest BCUT2D eigenvalue weighted by Crippen LogP contribution is -2.27. The molecule has 0 aliphatic heterocycles. The highest BCUT2D eigenvalue weighted by molar-refractivity contribution is 6.35. The molecule has 2 aliphatic carbocycles. The van der Waals surface area contributed by atoms with Crippen molar-refractivity contribution >= 4 is 9.52 Å². The molecular weight excluding hydrogens is 365 g/mol. The summed E-state index contributed by atoms with van der Waals surface area (Å²) in [6, 6.07) is 6.53. The average molecular weight is 399 g/mol. The van der Waals surface area contributed by atoms with E-state index in [1.54, 1.807) is 0 Å². The van der Waals surface area contributed by atoms with Crippen LogP contribution in [0.5, 0.6) is 5.75 Å². The molecule has 0 N–H and O–H groups in total. The van der Waals surface area contributed by atoms with Crippen LogP contribution in [0.1, 0.15) is 69.8 Å². The van der Waals surface area contributed by atoms with Gasteiger partial charge in [-0.1, -0.05) is 44.0 Å². The summed E-state index contributed by atoms with van der Waals surface area (Å²) in [6.45, 7) is 4.91. The molecule has 27 heavy (non-hydrogen) atoms. The van der Waals surface area contributed by atoms with Crippen molar-refractivity contribution in [2.75, 3.05) is 0 Å². The van der Waals surface area contributed by atoms with Gasteiger partial charge in [0.25, 0.3) is 0 Å². The molecule has 1 atom stereocenters. The minimum Gasteiger partial charge on any atom is -0.406 e. The van der Waals surface area contributed by atoms with Gasteiger partial charge in [0.1, 0.15) is 5.75 Å². The van der Waals surface area contributed by atoms with Gasteiger partial charge in [-0.15, -0.1) is 13.2 Å². The van der Waals surface area contributed by atoms with Crippen LogP contribution in [0, 0.1) is 17.8 Å². The summed E-state index contributed by atoms with van der Waals surface area (Å²) in [5.74, 6) is 3.14. The van der Waals surface area contributed by atoms with Crippen LogP contribution in [0.2, 0.25) is 12.1 Å². The number of rotatable bonds is 5. The van der Waals surface area contributed by atoms with E-state index < -0.39 is 6.36 Å². The molecule has 1 aromatic carbocycles. The normalized spacial score (nSPS) is 31.1. The number of hydrogen-bond acceptors (Lipinski definition) is 1. The molecule has 1 nitrogen and oxygen atoms in total. The topological polar surface area (TPSA) is 9.23 Å². The Bertz CT molecular complexity index is 570. The lowest BCUT2D eigenvalue weighted by molar-refractivity contribution is -0.274. The van der Waals surface area contributed by atoms with E-state index in [9.17, 15) is 13.2 Å². The Morgan fingerprint density at radius 2 is 1.41 bits per heavy atom. The molecule has 152 valence electrons. The van der Waals surface area contributed by atoms with Crippen LogP contribution in [0.3, 0.4) is 0 Å². The first kappa shape index (κ1) is 20.8. The molecule has 2 saturated carbocycles. The molecule has 0 heterocycles. The molecule has 0 radical (unpaired) electrons. The van der Waals surface area contributed by atoms with E-state index in [4.69, 9.17) is 0 Å². The van der Waals surface area contributed by atoms with Gasteiger partial charge in [0.2, 0.25) is 0 Å². The van der Waals surface area contributed by atoms with Crippen LogP contribution in [0.4, 0.5) is 13.2 Å². The highest BCUT2D eigenvalue weighted by Crippen LogP contribution is 2.45. The Kier molecular flexibility index (Phi) is 6.93. The molecule has 5 heteroatoms. The Labute approximate surface area is 163 Å². The number of halogens is 3. The predicted molar refractivity (Wildman–Crippen MR) is 107 cm³/mol. The molecule has 1 aromatic rings. The fourth-order valence-electron chi connectivity index (χ4n) is 5.38. The van der Waals surface area contributed by atoms with Gasteiger partial charge in [0, 0.05) is 9.52 Å². The van der Waals surface area contributed by atoms with Crippen molar-refractivity contribution in [2.24, 2.45) is 17.8 Å². The summed E-state index contributed by atoms with van der Waals surface area (Å²) in [5, 5.41) is 0. The van der Waals surface area contributed by atoms with Crippen LogP contribution in [0.25, 0.3) is 0 Å². The van der Waals surface area contributed by atoms with Gasteiger partial charge < -0.3 is 4.74 Å². The second-order valence-electron chi connectivity index (χ2n) is 8.79. The zero-order chi connectivity index (χ0) is 19.4. The third-order valence-electron chi connectivity index (χ3n) is 7.29. The van der Waals surface area contributed by atoms with Crippen molar-refractivity contribution in [1.29, 1.82) is 0 Å². The van der Waals surface area contributed by atoms with Gasteiger partial charge >= 0.3 is 6.36 Å². The predicted octanol–water partition coefficient (Wildman–Crippen LogP) is 6.69. The van der Waals surface area contributed by atoms with Crippen LogP contribution in [-0.4, -0.2) is 15.9 Å². The van der Waals surface area contributed by atoms with Gasteiger partial charge in [-0.25, -0.2) is 0 Å². The molecule has 1 unspecified atom stereocenters. The Morgan fingerprint density at radius 1 is 0.889 bits per heavy atom. The molecule has 0 bridgehead atoms. The monoisotopic (exact) mass is 398 g/mol. The fourth-order valence-corrected chi connectivity index (χ4v) is 6.52. The average Bonchev–Trinajstić information content (AvgIpc) is 2.67. The first-order chi connectivity index (χ1) is 12.9. The van der Waals surface area contributed by atoms with Crippen LogP contribution in [0.15, 0.2) is 24.3 Å². The van der Waals surface area contributed by atoms with Gasteiger partial charge in [0.05, 0.1) is 0 Å². The minimum absolute atomic E-state index is 0.124. The third kappa shape index (κ3) is 5.75. The van der Waals surface area contributed by atoms with Gasteiger partial charge in [0.15, 0.2) is 0 Å². The largest absolute Gasteiger partial charge is 0.573 e. The van der Waals surface area contributed by atoms with E-state index in [-0.39, 0.29) is 15.3 Å². The van der Waals surface area contributed by atoms with Crippen LogP contribution in [-0.2, 0) is 0 Å². The molecule has 0 spiro atoms. The summed E-state index contributed by atoms with van der Waals surface area (Å²) in [6.07, 6.45) is 5.99. The van der Waals surface area contributed by atoms with E-state index in [1.807, 2.05) is 12.1 Å². The maximum absolute atomic E-state index is 12.3. The zero-order valence-corrected chi connectivity index (χ0v) is 18.0. The molecular formula is C22H33F3OSi. The second-order valence-corrected chi connectivity index (χ2v) is 10.9. The minimum atomic E-state index is -4.62. The van der Waals surface area contributed by atoms with Gasteiger partial charge in [-0.3, -0.25) is 0 Å². The number of ether oxygens (including phenoxy) is 1. The number of benzene rings is 1. The van der Waals surface area contributed by atoms with Crippen molar-refractivity contribution in [3.63, 3.8) is 0 Å². The first-order valence-electron chi connectivity index (χ1n) is 10.7. The summed E-state index contributed by atoms with van der Waals surface area (Å²) in [7, 11) is 0.133. The van der Waals surface area contributed by atoms with E-state index in [1.165, 1.54) is 63.5 Å². The van der Waals surface area contributed by atoms with Crippen LogP contribution >= 0.6 is 0 Å². The number of alkyl halides is 3. The summed E-state index contributed by atoms with van der Waals surface area (Å²) in [5.41, 5.74) is 2.17. The van der Waals surface area contributed by atoms with E-state index in [0.29, 0.717) is 5.92 Å². The third-order valence-corrected chi connectivity index (χ3v) is 9.24. The lowest BCUT2D eigenvalue weighted by Gasteiger charge is -2.39. The van der Waals surface area contributed by atoms with Crippen LogP contribution < -0.4 is 4.74 Å². The highest BCUT2D eigenvalue weighted by atomic mass is 28.2. The zero-order valence-electron chi connectivity index (χ0n) is 16.6. The quantitative estimate of drug-likeness (QED) is 0.502. The maximum Gasteiger partial charge on any atom is 0.573 e. The summed E-state index contributed by atoms with van der Waals surface area (Å²) < 4.78 is 40.8. The molecule has 2 aliphatic rings. The Hall–Kier alpha value is -0.973. The molecule has 0 amide bonds. The van der Waals surface area contributed by atoms with E-state index >= 15 is 0 Å². The van der Waals surface area contributed by atoms with E-state index in [0.717, 1.165) is 28.9 Å². The second kappa shape index (κ2) is 9.02. The summed E-state index contributed by atoms with van der Waals surface area (Å²) in [4.78, 5) is 0.